The van der Waals surface area contributed by atoms with Gasteiger partial charge >= 0.3 is 0 Å². The molecule has 0 amide bonds. The van der Waals surface area contributed by atoms with E-state index in [-0.39, 0.29) is 33.8 Å². The molecular weight excluding hydrogens is 619 g/mol. The number of rotatable bonds is 8. The number of halogens is 1. The van der Waals surface area contributed by atoms with E-state index in [1.165, 1.54) is 18.2 Å². The summed E-state index contributed by atoms with van der Waals surface area (Å²) in [6.07, 6.45) is 5.27. The molecule has 47 heavy (non-hydrogen) atoms. The van der Waals surface area contributed by atoms with Crippen LogP contribution in [0, 0.1) is 29.0 Å². The fourth-order valence-electron chi connectivity index (χ4n) is 7.05. The third-order valence-electron chi connectivity index (χ3n) is 9.59. The van der Waals surface area contributed by atoms with Crippen LogP contribution in [-0.2, 0) is 27.5 Å². The third kappa shape index (κ3) is 5.81. The van der Waals surface area contributed by atoms with Crippen LogP contribution in [0.5, 0.6) is 0 Å². The van der Waals surface area contributed by atoms with Gasteiger partial charge in [-0.25, -0.2) is 12.8 Å². The van der Waals surface area contributed by atoms with Crippen LogP contribution in [0.25, 0.3) is 33.4 Å². The zero-order valence-corrected chi connectivity index (χ0v) is 27.1. The Morgan fingerprint density at radius 3 is 2.62 bits per heavy atom. The van der Waals surface area contributed by atoms with Crippen LogP contribution < -0.4 is 5.56 Å². The molecule has 9 nitrogen and oxygen atoms in total. The van der Waals surface area contributed by atoms with Gasteiger partial charge in [0.05, 0.1) is 39.2 Å². The highest BCUT2D eigenvalue weighted by molar-refractivity contribution is 7.92. The van der Waals surface area contributed by atoms with E-state index in [9.17, 15) is 17.6 Å². The lowest BCUT2D eigenvalue weighted by atomic mass is 9.87. The van der Waals surface area contributed by atoms with Crippen LogP contribution in [0.3, 0.4) is 0 Å². The normalized spacial score (nSPS) is 17.7. The van der Waals surface area contributed by atoms with Gasteiger partial charge in [-0.15, -0.1) is 0 Å². The lowest BCUT2D eigenvalue weighted by Crippen LogP contribution is -2.17. The Labute approximate surface area is 271 Å². The first-order chi connectivity index (χ1) is 22.6. The van der Waals surface area contributed by atoms with Gasteiger partial charge in [-0.2, -0.15) is 10.4 Å². The first-order valence-electron chi connectivity index (χ1n) is 16.0. The highest BCUT2D eigenvalue weighted by Crippen LogP contribution is 2.48. The molecule has 1 fully saturated rings. The number of ether oxygens (including phenoxy) is 1. The number of nitrogens with one attached hydrogen (secondary N) is 1. The molecule has 3 aromatic heterocycles. The predicted molar refractivity (Wildman–Crippen MR) is 175 cm³/mol. The monoisotopic (exact) mass is 654 g/mol. The van der Waals surface area contributed by atoms with Crippen LogP contribution in [0.2, 0.25) is 0 Å². The molecule has 1 saturated heterocycles. The number of pyridine rings is 1. The van der Waals surface area contributed by atoms with E-state index < -0.39 is 21.2 Å². The molecular formula is C36H35FN4O5S. The van der Waals surface area contributed by atoms with Crippen molar-refractivity contribution in [3.8, 4) is 28.5 Å². The van der Waals surface area contributed by atoms with Crippen molar-refractivity contribution in [2.24, 2.45) is 11.8 Å². The zero-order chi connectivity index (χ0) is 32.9. The maximum atomic E-state index is 14.3. The molecule has 7 rings (SSSR count). The minimum Gasteiger partial charge on any atom is -0.381 e. The minimum atomic E-state index is -3.73. The maximum Gasteiger partial charge on any atom is 0.280 e. The molecule has 0 unspecified atom stereocenters. The lowest BCUT2D eigenvalue weighted by Gasteiger charge is -2.23. The van der Waals surface area contributed by atoms with Crippen molar-refractivity contribution in [3.05, 3.63) is 93.4 Å². The van der Waals surface area contributed by atoms with Crippen molar-refractivity contribution < 1.29 is 22.1 Å². The first-order valence-corrected chi connectivity index (χ1v) is 17.6. The van der Waals surface area contributed by atoms with Gasteiger partial charge in [0.15, 0.2) is 15.6 Å². The molecule has 0 spiro atoms. The Morgan fingerprint density at radius 2 is 1.91 bits per heavy atom. The molecule has 2 aliphatic heterocycles. The van der Waals surface area contributed by atoms with E-state index in [1.54, 1.807) is 6.07 Å². The minimum absolute atomic E-state index is 0.00325. The molecule has 1 N–H and O–H groups in total. The number of nitrogens with zero attached hydrogens (tertiary/aromatic N) is 3. The van der Waals surface area contributed by atoms with E-state index >= 15 is 0 Å². The van der Waals surface area contributed by atoms with Crippen molar-refractivity contribution in [1.82, 2.24) is 14.7 Å². The van der Waals surface area contributed by atoms with Crippen LogP contribution in [0.4, 0.5) is 4.39 Å². The molecule has 5 heterocycles. The lowest BCUT2D eigenvalue weighted by molar-refractivity contribution is 0.0639. The number of fused-ring (bicyclic) bond motifs is 2. The molecule has 11 heteroatoms. The second-order valence-electron chi connectivity index (χ2n) is 13.0. The number of nitriles is 1. The Bertz CT molecular complexity index is 2200. The molecule has 1 atom stereocenters. The average molecular weight is 655 g/mol. The van der Waals surface area contributed by atoms with E-state index in [4.69, 9.17) is 19.5 Å². The first kappa shape index (κ1) is 31.1. The largest absolute Gasteiger partial charge is 0.381 e. The number of aromatic nitrogens is 3. The van der Waals surface area contributed by atoms with Gasteiger partial charge in [0.1, 0.15) is 11.9 Å². The fraction of sp³-hybridized carbons (Fsp3) is 0.361. The molecule has 0 aliphatic carbocycles. The van der Waals surface area contributed by atoms with Gasteiger partial charge in [0, 0.05) is 48.3 Å². The molecule has 0 bridgehead atoms. The summed E-state index contributed by atoms with van der Waals surface area (Å²) in [6, 6.07) is 15.5. The van der Waals surface area contributed by atoms with Gasteiger partial charge in [0.25, 0.3) is 5.56 Å². The van der Waals surface area contributed by atoms with Gasteiger partial charge in [-0.1, -0.05) is 26.0 Å². The highest BCUT2D eigenvalue weighted by atomic mass is 32.2. The summed E-state index contributed by atoms with van der Waals surface area (Å²) in [4.78, 5) is 17.7. The van der Waals surface area contributed by atoms with Crippen LogP contribution >= 0.6 is 0 Å². The predicted octanol–water partition coefficient (Wildman–Crippen LogP) is 6.60. The van der Waals surface area contributed by atoms with Crippen molar-refractivity contribution >= 4 is 20.7 Å². The number of aryl methyl sites for hydroxylation is 1. The molecule has 2 aromatic carbocycles. The number of sulfone groups is 1. The second-order valence-corrected chi connectivity index (χ2v) is 14.9. The number of hydrogen-bond donors (Lipinski definition) is 1. The molecule has 0 saturated carbocycles. The summed E-state index contributed by atoms with van der Waals surface area (Å²) >= 11 is 0. The molecule has 242 valence electrons. The summed E-state index contributed by atoms with van der Waals surface area (Å²) in [5.74, 6) is -0.0908. The smallest absolute Gasteiger partial charge is 0.280 e. The van der Waals surface area contributed by atoms with Gasteiger partial charge < -0.3 is 13.8 Å². The Balaban J connectivity index is 1.40. The van der Waals surface area contributed by atoms with E-state index in [1.807, 2.05) is 54.9 Å². The van der Waals surface area contributed by atoms with Gasteiger partial charge in [-0.3, -0.25) is 9.78 Å². The Hall–Kier alpha value is -4.53. The Kier molecular flexibility index (Phi) is 8.10. The summed E-state index contributed by atoms with van der Waals surface area (Å²) in [5, 5.41) is 12.3. The van der Waals surface area contributed by atoms with E-state index in [2.05, 4.69) is 5.16 Å². The summed E-state index contributed by atoms with van der Waals surface area (Å²) in [5.41, 5.74) is 4.17. The van der Waals surface area contributed by atoms with Crippen LogP contribution in [0.1, 0.15) is 61.5 Å². The highest BCUT2D eigenvalue weighted by Gasteiger charge is 2.42. The van der Waals surface area contributed by atoms with Crippen molar-refractivity contribution in [2.45, 2.75) is 56.9 Å². The zero-order valence-electron chi connectivity index (χ0n) is 26.3. The number of benzene rings is 2. The van der Waals surface area contributed by atoms with E-state index in [0.29, 0.717) is 46.8 Å². The van der Waals surface area contributed by atoms with Gasteiger partial charge in [-0.05, 0) is 79.0 Å². The van der Waals surface area contributed by atoms with Crippen molar-refractivity contribution in [1.29, 1.82) is 5.26 Å². The van der Waals surface area contributed by atoms with Gasteiger partial charge in [0.2, 0.25) is 0 Å². The van der Waals surface area contributed by atoms with E-state index in [0.717, 1.165) is 49.1 Å². The quantitative estimate of drug-likeness (QED) is 0.200. The maximum absolute atomic E-state index is 14.3. The molecule has 5 aromatic rings. The number of aromatic amines is 1. The summed E-state index contributed by atoms with van der Waals surface area (Å²) in [7, 11) is -3.73. The van der Waals surface area contributed by atoms with Crippen molar-refractivity contribution in [2.75, 3.05) is 19.0 Å². The number of H-pyrrole nitrogens is 1. The summed E-state index contributed by atoms with van der Waals surface area (Å²) < 4.78 is 55.6. The van der Waals surface area contributed by atoms with Crippen LogP contribution in [0.15, 0.2) is 68.9 Å². The third-order valence-corrected chi connectivity index (χ3v) is 11.4. The average Bonchev–Trinajstić information content (AvgIpc) is 3.74. The standard InChI is InChI=1S/C36H35FN4O5S/c1-21(2)27-20-47(43,44)36-33(25-6-8-30-24(16-25)9-12-41(30)19-23-3-5-26(18-38)28(37)15-23)34(31-17-32(42)40-46-31)29(39-35(27)36)7-4-22-10-13-45-14-11-22/h3,5-6,8-9,12,15-17,21-22,27H,4,7,10-11,13-14,19-20H2,1-2H3,(H,40,42)/t27-/m0/s1. The topological polar surface area (TPSA) is 131 Å². The summed E-state index contributed by atoms with van der Waals surface area (Å²) in [6.45, 7) is 5.87. The fourth-order valence-corrected chi connectivity index (χ4v) is 9.28. The SMILES string of the molecule is CC(C)[C@@H]1CS(=O)(=O)c2c1nc(CCC1CCOCC1)c(-c1cc(=O)[nH]o1)c2-c1ccc2c(ccn2Cc2ccc(C#N)c(F)c2)c1. The molecule has 2 aliphatic rings. The van der Waals surface area contributed by atoms with Crippen LogP contribution in [-0.4, -0.2) is 42.1 Å². The number of hydrogen-bond acceptors (Lipinski definition) is 7. The Morgan fingerprint density at radius 1 is 1.11 bits per heavy atom. The van der Waals surface area contributed by atoms with Crippen molar-refractivity contribution in [3.63, 3.8) is 0 Å². The second kappa shape index (κ2) is 12.2. The molecule has 0 radical (unpaired) electrons.